The van der Waals surface area contributed by atoms with E-state index < -0.39 is 0 Å². The van der Waals surface area contributed by atoms with Crippen LogP contribution in [0.25, 0.3) is 0 Å². The second-order valence-corrected chi connectivity index (χ2v) is 5.16. The summed E-state index contributed by atoms with van der Waals surface area (Å²) in [4.78, 5) is 23.8. The van der Waals surface area contributed by atoms with E-state index in [0.29, 0.717) is 18.7 Å². The predicted octanol–water partition coefficient (Wildman–Crippen LogP) is 2.75. The first-order chi connectivity index (χ1) is 10.2. The van der Waals surface area contributed by atoms with Crippen LogP contribution in [-0.4, -0.2) is 24.9 Å². The number of nitrogens with one attached hydrogen (secondary N) is 2. The summed E-state index contributed by atoms with van der Waals surface area (Å²) in [5.74, 6) is 0.0811. The van der Waals surface area contributed by atoms with Gasteiger partial charge in [-0.25, -0.2) is 0 Å². The van der Waals surface area contributed by atoms with Gasteiger partial charge in [0.2, 0.25) is 5.91 Å². The third kappa shape index (κ3) is 6.43. The molecular weight excluding hydrogens is 264 g/mol. The molecule has 0 aromatic heterocycles. The first-order valence-corrected chi connectivity index (χ1v) is 7.80. The summed E-state index contributed by atoms with van der Waals surface area (Å²) in [6.07, 6.45) is 3.99. The van der Waals surface area contributed by atoms with Gasteiger partial charge in [0, 0.05) is 24.6 Å². The largest absolute Gasteiger partial charge is 0.354 e. The maximum atomic E-state index is 12.0. The molecule has 0 aliphatic carbocycles. The molecule has 2 N–H and O–H groups in total. The van der Waals surface area contributed by atoms with E-state index in [2.05, 4.69) is 17.6 Å². The number of unbranched alkanes of at least 4 members (excludes halogenated alkanes) is 1. The molecule has 1 aromatic carbocycles. The maximum absolute atomic E-state index is 12.0. The second-order valence-electron chi connectivity index (χ2n) is 5.16. The number of hydrogen-bond acceptors (Lipinski definition) is 2. The lowest BCUT2D eigenvalue weighted by atomic mass is 9.98. The molecule has 0 heterocycles. The summed E-state index contributed by atoms with van der Waals surface area (Å²) in [6, 6.07) is 9.07. The van der Waals surface area contributed by atoms with Gasteiger partial charge >= 0.3 is 0 Å². The van der Waals surface area contributed by atoms with Crippen LogP contribution in [0.5, 0.6) is 0 Å². The van der Waals surface area contributed by atoms with Crippen LogP contribution in [0.2, 0.25) is 0 Å². The van der Waals surface area contributed by atoms with Gasteiger partial charge in [-0.3, -0.25) is 9.59 Å². The lowest BCUT2D eigenvalue weighted by Gasteiger charge is -2.14. The van der Waals surface area contributed by atoms with Crippen LogP contribution >= 0.6 is 0 Å². The highest BCUT2D eigenvalue weighted by molar-refractivity contribution is 5.94. The van der Waals surface area contributed by atoms with Gasteiger partial charge in [0.1, 0.15) is 0 Å². The average Bonchev–Trinajstić information content (AvgIpc) is 2.53. The molecule has 0 saturated heterocycles. The minimum absolute atomic E-state index is 0.0924. The van der Waals surface area contributed by atoms with Crippen LogP contribution in [0.15, 0.2) is 30.3 Å². The average molecular weight is 290 g/mol. The van der Waals surface area contributed by atoms with Crippen LogP contribution in [0.3, 0.4) is 0 Å². The molecule has 4 nitrogen and oxygen atoms in total. The van der Waals surface area contributed by atoms with E-state index in [1.54, 1.807) is 12.1 Å². The topological polar surface area (TPSA) is 58.2 Å². The Balaban J connectivity index is 2.24. The van der Waals surface area contributed by atoms with Crippen molar-refractivity contribution in [1.82, 2.24) is 10.6 Å². The fourth-order valence-corrected chi connectivity index (χ4v) is 2.17. The number of carbonyl (C=O) groups excluding carboxylic acids is 2. The SMILES string of the molecule is CCCCC(CC)C(=O)NCCNC(=O)c1ccccc1. The van der Waals surface area contributed by atoms with E-state index in [0.717, 1.165) is 25.7 Å². The molecule has 0 saturated carbocycles. The molecule has 1 aromatic rings. The summed E-state index contributed by atoms with van der Waals surface area (Å²) in [6.45, 7) is 5.09. The molecular formula is C17H26N2O2. The van der Waals surface area contributed by atoms with Gasteiger partial charge < -0.3 is 10.6 Å². The van der Waals surface area contributed by atoms with Crippen molar-refractivity contribution in [3.63, 3.8) is 0 Å². The Morgan fingerprint density at radius 2 is 1.71 bits per heavy atom. The van der Waals surface area contributed by atoms with Gasteiger partial charge in [-0.15, -0.1) is 0 Å². The number of rotatable bonds is 9. The number of carbonyl (C=O) groups is 2. The summed E-state index contributed by atoms with van der Waals surface area (Å²) in [7, 11) is 0. The minimum Gasteiger partial charge on any atom is -0.354 e. The smallest absolute Gasteiger partial charge is 0.251 e. The first-order valence-electron chi connectivity index (χ1n) is 7.80. The van der Waals surface area contributed by atoms with E-state index in [1.807, 2.05) is 25.1 Å². The number of benzene rings is 1. The highest BCUT2D eigenvalue weighted by Gasteiger charge is 2.14. The molecule has 0 fully saturated rings. The fourth-order valence-electron chi connectivity index (χ4n) is 2.17. The Morgan fingerprint density at radius 3 is 2.33 bits per heavy atom. The van der Waals surface area contributed by atoms with Crippen LogP contribution < -0.4 is 10.6 Å². The zero-order valence-corrected chi connectivity index (χ0v) is 13.0. The zero-order valence-electron chi connectivity index (χ0n) is 13.0. The Morgan fingerprint density at radius 1 is 1.05 bits per heavy atom. The van der Waals surface area contributed by atoms with Gasteiger partial charge in [-0.05, 0) is 25.0 Å². The van der Waals surface area contributed by atoms with Gasteiger partial charge in [0.25, 0.3) is 5.91 Å². The van der Waals surface area contributed by atoms with Crippen LogP contribution in [0, 0.1) is 5.92 Å². The van der Waals surface area contributed by atoms with Crippen molar-refractivity contribution in [3.8, 4) is 0 Å². The molecule has 1 rings (SSSR count). The van der Waals surface area contributed by atoms with Crippen molar-refractivity contribution >= 4 is 11.8 Å². The van der Waals surface area contributed by atoms with Gasteiger partial charge in [0.15, 0.2) is 0 Å². The third-order valence-corrected chi connectivity index (χ3v) is 3.52. The Hall–Kier alpha value is -1.84. The summed E-state index contributed by atoms with van der Waals surface area (Å²) in [5.41, 5.74) is 0.637. The molecule has 2 amide bonds. The minimum atomic E-state index is -0.108. The van der Waals surface area contributed by atoms with Crippen molar-refractivity contribution in [1.29, 1.82) is 0 Å². The molecule has 4 heteroatoms. The monoisotopic (exact) mass is 290 g/mol. The van der Waals surface area contributed by atoms with Gasteiger partial charge in [0.05, 0.1) is 0 Å². The molecule has 0 aliphatic rings. The lowest BCUT2D eigenvalue weighted by Crippen LogP contribution is -2.37. The third-order valence-electron chi connectivity index (χ3n) is 3.52. The normalized spacial score (nSPS) is 11.7. The highest BCUT2D eigenvalue weighted by Crippen LogP contribution is 2.12. The molecule has 0 spiro atoms. The molecule has 1 unspecified atom stereocenters. The van der Waals surface area contributed by atoms with Crippen LogP contribution in [-0.2, 0) is 4.79 Å². The van der Waals surface area contributed by atoms with Crippen LogP contribution in [0.1, 0.15) is 49.9 Å². The molecule has 0 bridgehead atoms. The van der Waals surface area contributed by atoms with Crippen LogP contribution in [0.4, 0.5) is 0 Å². The van der Waals surface area contributed by atoms with Crippen molar-refractivity contribution in [3.05, 3.63) is 35.9 Å². The summed E-state index contributed by atoms with van der Waals surface area (Å²) < 4.78 is 0. The molecule has 0 radical (unpaired) electrons. The summed E-state index contributed by atoms with van der Waals surface area (Å²) >= 11 is 0. The van der Waals surface area contributed by atoms with Crippen molar-refractivity contribution in [2.75, 3.05) is 13.1 Å². The number of hydrogen-bond donors (Lipinski definition) is 2. The fraction of sp³-hybridized carbons (Fsp3) is 0.529. The van der Waals surface area contributed by atoms with E-state index in [9.17, 15) is 9.59 Å². The quantitative estimate of drug-likeness (QED) is 0.687. The Kier molecular flexibility index (Phi) is 8.17. The molecule has 0 aliphatic heterocycles. The molecule has 1 atom stereocenters. The predicted molar refractivity (Wildman–Crippen MR) is 85.1 cm³/mol. The van der Waals surface area contributed by atoms with Gasteiger partial charge in [-0.1, -0.05) is 44.9 Å². The van der Waals surface area contributed by atoms with Crippen molar-refractivity contribution < 1.29 is 9.59 Å². The Labute approximate surface area is 127 Å². The first kappa shape index (κ1) is 17.2. The van der Waals surface area contributed by atoms with Gasteiger partial charge in [-0.2, -0.15) is 0 Å². The molecule has 21 heavy (non-hydrogen) atoms. The molecule has 116 valence electrons. The van der Waals surface area contributed by atoms with E-state index >= 15 is 0 Å². The van der Waals surface area contributed by atoms with Crippen molar-refractivity contribution in [2.45, 2.75) is 39.5 Å². The standard InChI is InChI=1S/C17H26N2O2/c1-3-5-9-14(4-2)16(20)18-12-13-19-17(21)15-10-7-6-8-11-15/h6-8,10-11,14H,3-5,9,12-13H2,1-2H3,(H,18,20)(H,19,21). The highest BCUT2D eigenvalue weighted by atomic mass is 16.2. The second kappa shape index (κ2) is 9.97. The Bertz CT molecular complexity index is 432. The zero-order chi connectivity index (χ0) is 15.5. The van der Waals surface area contributed by atoms with Crippen molar-refractivity contribution in [2.24, 2.45) is 5.92 Å². The lowest BCUT2D eigenvalue weighted by molar-refractivity contribution is -0.125. The summed E-state index contributed by atoms with van der Waals surface area (Å²) in [5, 5.41) is 5.70. The van der Waals surface area contributed by atoms with E-state index in [4.69, 9.17) is 0 Å². The van der Waals surface area contributed by atoms with E-state index in [1.165, 1.54) is 0 Å². The maximum Gasteiger partial charge on any atom is 0.251 e. The van der Waals surface area contributed by atoms with E-state index in [-0.39, 0.29) is 17.7 Å². The number of amides is 2.